The van der Waals surface area contributed by atoms with Crippen molar-refractivity contribution in [1.82, 2.24) is 4.90 Å². The van der Waals surface area contributed by atoms with Crippen molar-refractivity contribution in [2.75, 3.05) is 38.6 Å². The number of nitrogens with zero attached hydrogens (tertiary/aromatic N) is 1. The smallest absolute Gasteiger partial charge is 0.0593 e. The van der Waals surface area contributed by atoms with E-state index < -0.39 is 0 Å². The van der Waals surface area contributed by atoms with Crippen LogP contribution in [0.5, 0.6) is 0 Å². The van der Waals surface area contributed by atoms with Gasteiger partial charge in [-0.25, -0.2) is 0 Å². The van der Waals surface area contributed by atoms with Gasteiger partial charge in [-0.15, -0.1) is 0 Å². The molecule has 1 fully saturated rings. The fraction of sp³-hybridized carbons (Fsp3) is 1.00. The lowest BCUT2D eigenvalue weighted by Gasteiger charge is -2.36. The molecule has 0 radical (unpaired) electrons. The lowest BCUT2D eigenvalue weighted by molar-refractivity contribution is 0.0802. The molecule has 0 unspecified atom stereocenters. The second-order valence-electron chi connectivity index (χ2n) is 4.84. The Balaban J connectivity index is 2.04. The van der Waals surface area contributed by atoms with Crippen molar-refractivity contribution in [2.24, 2.45) is 5.41 Å². The van der Waals surface area contributed by atoms with Crippen LogP contribution >= 0.6 is 12.6 Å². The molecule has 84 valence electrons. The fourth-order valence-corrected chi connectivity index (χ4v) is 1.87. The minimum Gasteiger partial charge on any atom is -0.379 e. The van der Waals surface area contributed by atoms with Crippen molar-refractivity contribution < 1.29 is 4.74 Å². The van der Waals surface area contributed by atoms with Crippen molar-refractivity contribution >= 4 is 12.6 Å². The third-order valence-electron chi connectivity index (χ3n) is 3.00. The molecular formula is C11H23NOS. The zero-order chi connectivity index (χ0) is 10.4. The standard InChI is InChI=1S/C11H23NOS/c1-11(2)3-5-12(6-4-11)7-8-13-9-10-14/h14H,3-10H2,1-2H3. The largest absolute Gasteiger partial charge is 0.379 e. The first-order valence-electron chi connectivity index (χ1n) is 5.55. The summed E-state index contributed by atoms with van der Waals surface area (Å²) in [5.41, 5.74) is 0.558. The van der Waals surface area contributed by atoms with Crippen LogP contribution in [-0.4, -0.2) is 43.5 Å². The Labute approximate surface area is 93.4 Å². The van der Waals surface area contributed by atoms with E-state index in [4.69, 9.17) is 4.74 Å². The minimum atomic E-state index is 0.558. The van der Waals surface area contributed by atoms with Crippen molar-refractivity contribution in [2.45, 2.75) is 26.7 Å². The molecule has 3 heteroatoms. The molecule has 0 amide bonds. The SMILES string of the molecule is CC1(C)CCN(CCOCCS)CC1. The van der Waals surface area contributed by atoms with E-state index in [-0.39, 0.29) is 0 Å². The van der Waals surface area contributed by atoms with Crippen molar-refractivity contribution in [3.63, 3.8) is 0 Å². The molecule has 0 aromatic rings. The van der Waals surface area contributed by atoms with E-state index in [1.807, 2.05) is 0 Å². The van der Waals surface area contributed by atoms with E-state index in [0.29, 0.717) is 5.41 Å². The van der Waals surface area contributed by atoms with Gasteiger partial charge in [0.15, 0.2) is 0 Å². The van der Waals surface area contributed by atoms with Crippen LogP contribution in [0.2, 0.25) is 0 Å². The zero-order valence-electron chi connectivity index (χ0n) is 9.46. The summed E-state index contributed by atoms with van der Waals surface area (Å²) in [6.45, 7) is 9.92. The molecule has 1 aliphatic heterocycles. The number of ether oxygens (including phenoxy) is 1. The van der Waals surface area contributed by atoms with Crippen LogP contribution in [0.25, 0.3) is 0 Å². The maximum atomic E-state index is 5.42. The van der Waals surface area contributed by atoms with Crippen molar-refractivity contribution in [3.05, 3.63) is 0 Å². The Morgan fingerprint density at radius 2 is 1.86 bits per heavy atom. The number of hydrogen-bond acceptors (Lipinski definition) is 3. The Kier molecular flexibility index (Phi) is 5.28. The highest BCUT2D eigenvalue weighted by molar-refractivity contribution is 7.80. The van der Waals surface area contributed by atoms with Crippen LogP contribution in [-0.2, 0) is 4.74 Å². The summed E-state index contributed by atoms with van der Waals surface area (Å²) in [4.78, 5) is 2.50. The van der Waals surface area contributed by atoms with Gasteiger partial charge in [-0.3, -0.25) is 0 Å². The first kappa shape index (κ1) is 12.3. The normalized spacial score (nSPS) is 22.5. The highest BCUT2D eigenvalue weighted by atomic mass is 32.1. The Morgan fingerprint density at radius 1 is 1.21 bits per heavy atom. The average molecular weight is 217 g/mol. The van der Waals surface area contributed by atoms with E-state index in [1.165, 1.54) is 25.9 Å². The predicted octanol–water partition coefficient (Wildman–Crippen LogP) is 2.05. The van der Waals surface area contributed by atoms with Gasteiger partial charge in [0.25, 0.3) is 0 Å². The molecule has 2 nitrogen and oxygen atoms in total. The van der Waals surface area contributed by atoms with Gasteiger partial charge in [0.1, 0.15) is 0 Å². The van der Waals surface area contributed by atoms with Crippen LogP contribution in [0.15, 0.2) is 0 Å². The lowest BCUT2D eigenvalue weighted by atomic mass is 9.83. The van der Waals surface area contributed by atoms with Gasteiger partial charge in [-0.1, -0.05) is 13.8 Å². The van der Waals surface area contributed by atoms with Crippen molar-refractivity contribution in [3.8, 4) is 0 Å². The fourth-order valence-electron chi connectivity index (χ4n) is 1.74. The van der Waals surface area contributed by atoms with E-state index in [9.17, 15) is 0 Å². The number of thiol groups is 1. The number of rotatable bonds is 5. The molecule has 0 atom stereocenters. The molecule has 14 heavy (non-hydrogen) atoms. The summed E-state index contributed by atoms with van der Waals surface area (Å²) >= 11 is 4.10. The molecule has 1 saturated heterocycles. The van der Waals surface area contributed by atoms with Gasteiger partial charge in [0, 0.05) is 12.3 Å². The molecule has 0 aliphatic carbocycles. The molecule has 0 bridgehead atoms. The highest BCUT2D eigenvalue weighted by Crippen LogP contribution is 2.29. The highest BCUT2D eigenvalue weighted by Gasteiger charge is 2.24. The molecule has 1 rings (SSSR count). The van der Waals surface area contributed by atoms with Crippen molar-refractivity contribution in [1.29, 1.82) is 0 Å². The Morgan fingerprint density at radius 3 is 2.43 bits per heavy atom. The van der Waals surface area contributed by atoms with Crippen LogP contribution in [0, 0.1) is 5.41 Å². The van der Waals surface area contributed by atoms with Gasteiger partial charge < -0.3 is 9.64 Å². The zero-order valence-corrected chi connectivity index (χ0v) is 10.4. The molecule has 0 spiro atoms. The first-order chi connectivity index (χ1) is 6.64. The second-order valence-corrected chi connectivity index (χ2v) is 5.29. The lowest BCUT2D eigenvalue weighted by Crippen LogP contribution is -2.39. The van der Waals surface area contributed by atoms with Gasteiger partial charge in [-0.2, -0.15) is 12.6 Å². The van der Waals surface area contributed by atoms with E-state index in [2.05, 4.69) is 31.4 Å². The third-order valence-corrected chi connectivity index (χ3v) is 3.18. The summed E-state index contributed by atoms with van der Waals surface area (Å²) in [5, 5.41) is 0. The molecule has 0 aromatic heterocycles. The predicted molar refractivity (Wildman–Crippen MR) is 64.1 cm³/mol. The average Bonchev–Trinajstić information content (AvgIpc) is 2.15. The van der Waals surface area contributed by atoms with E-state index in [1.54, 1.807) is 0 Å². The van der Waals surface area contributed by atoms with Gasteiger partial charge >= 0.3 is 0 Å². The van der Waals surface area contributed by atoms with Gasteiger partial charge in [0.2, 0.25) is 0 Å². The maximum Gasteiger partial charge on any atom is 0.0593 e. The molecule has 1 aliphatic rings. The summed E-state index contributed by atoms with van der Waals surface area (Å²) in [6.07, 6.45) is 2.64. The quantitative estimate of drug-likeness (QED) is 0.559. The summed E-state index contributed by atoms with van der Waals surface area (Å²) in [6, 6.07) is 0. The maximum absolute atomic E-state index is 5.42. The number of piperidine rings is 1. The third kappa shape index (κ3) is 4.67. The molecule has 0 N–H and O–H groups in total. The first-order valence-corrected chi connectivity index (χ1v) is 6.18. The molecule has 0 aromatic carbocycles. The minimum absolute atomic E-state index is 0.558. The topological polar surface area (TPSA) is 12.5 Å². The summed E-state index contributed by atoms with van der Waals surface area (Å²) in [5.74, 6) is 0.826. The Bertz CT molecular complexity index is 151. The van der Waals surface area contributed by atoms with Crippen LogP contribution in [0.3, 0.4) is 0 Å². The summed E-state index contributed by atoms with van der Waals surface area (Å²) in [7, 11) is 0. The van der Waals surface area contributed by atoms with E-state index >= 15 is 0 Å². The number of likely N-dealkylation sites (tertiary alicyclic amines) is 1. The van der Waals surface area contributed by atoms with Gasteiger partial charge in [-0.05, 0) is 31.3 Å². The molecule has 0 saturated carbocycles. The van der Waals surface area contributed by atoms with Crippen LogP contribution in [0.4, 0.5) is 0 Å². The summed E-state index contributed by atoms with van der Waals surface area (Å²) < 4.78 is 5.42. The van der Waals surface area contributed by atoms with E-state index in [0.717, 1.165) is 25.5 Å². The Hall–Kier alpha value is 0.270. The van der Waals surface area contributed by atoms with Crippen LogP contribution < -0.4 is 0 Å². The monoisotopic (exact) mass is 217 g/mol. The molecule has 1 heterocycles. The number of hydrogen-bond donors (Lipinski definition) is 1. The van der Waals surface area contributed by atoms with Crippen LogP contribution in [0.1, 0.15) is 26.7 Å². The molecular weight excluding hydrogens is 194 g/mol. The second kappa shape index (κ2) is 5.99. The van der Waals surface area contributed by atoms with Gasteiger partial charge in [0.05, 0.1) is 13.2 Å².